The second-order valence-electron chi connectivity index (χ2n) is 1.59. The van der Waals surface area contributed by atoms with Crippen molar-refractivity contribution in [3.8, 4) is 0 Å². The summed E-state index contributed by atoms with van der Waals surface area (Å²) in [6.45, 7) is 0. The summed E-state index contributed by atoms with van der Waals surface area (Å²) in [5.74, 6) is -3.68. The molecule has 4 heteroatoms. The molecule has 53 valence electrons. The molecule has 1 aromatic carbocycles. The molecule has 10 heavy (non-hydrogen) atoms. The average molecular weight is 166 g/mol. The first kappa shape index (κ1) is 7.41. The van der Waals surface area contributed by atoms with Gasteiger partial charge in [0.2, 0.25) is 0 Å². The van der Waals surface area contributed by atoms with Gasteiger partial charge in [-0.05, 0) is 6.07 Å². The number of rotatable bonds is 0. The highest BCUT2D eigenvalue weighted by atomic mass is 35.5. The van der Waals surface area contributed by atoms with Gasteiger partial charge in [-0.25, -0.2) is 13.2 Å². The SMILES string of the molecule is Fc1[c]c(F)c(F)c(Cl)c1. The normalized spacial score (nSPS) is 10.0. The molecule has 0 aromatic heterocycles. The van der Waals surface area contributed by atoms with Crippen LogP contribution in [-0.4, -0.2) is 0 Å². The highest BCUT2D eigenvalue weighted by Gasteiger charge is 2.08. The Morgan fingerprint density at radius 3 is 2.40 bits per heavy atom. The van der Waals surface area contributed by atoms with Crippen LogP contribution >= 0.6 is 11.6 Å². The summed E-state index contributed by atoms with van der Waals surface area (Å²) in [6.07, 6.45) is 0. The zero-order valence-electron chi connectivity index (χ0n) is 4.59. The molecule has 0 N–H and O–H groups in total. The van der Waals surface area contributed by atoms with Gasteiger partial charge in [0.15, 0.2) is 11.6 Å². The molecule has 0 saturated carbocycles. The van der Waals surface area contributed by atoms with E-state index in [0.29, 0.717) is 6.07 Å². The second-order valence-corrected chi connectivity index (χ2v) is 2.00. The minimum atomic E-state index is -1.40. The van der Waals surface area contributed by atoms with Gasteiger partial charge in [0, 0.05) is 0 Å². The third-order valence-electron chi connectivity index (χ3n) is 0.885. The highest BCUT2D eigenvalue weighted by Crippen LogP contribution is 2.17. The predicted molar refractivity (Wildman–Crippen MR) is 30.2 cm³/mol. The van der Waals surface area contributed by atoms with Gasteiger partial charge < -0.3 is 0 Å². The van der Waals surface area contributed by atoms with Crippen LogP contribution in [-0.2, 0) is 0 Å². The maximum Gasteiger partial charge on any atom is 0.178 e. The Bertz CT molecular complexity index is 236. The van der Waals surface area contributed by atoms with Crippen LogP contribution in [0.15, 0.2) is 6.07 Å². The molecule has 0 aliphatic carbocycles. The van der Waals surface area contributed by atoms with Crippen molar-refractivity contribution in [3.05, 3.63) is 34.6 Å². The van der Waals surface area contributed by atoms with Crippen molar-refractivity contribution in [2.75, 3.05) is 0 Å². The van der Waals surface area contributed by atoms with Crippen LogP contribution in [0.2, 0.25) is 5.02 Å². The summed E-state index contributed by atoms with van der Waals surface area (Å²) >= 11 is 5.04. The highest BCUT2D eigenvalue weighted by molar-refractivity contribution is 6.30. The van der Waals surface area contributed by atoms with Crippen molar-refractivity contribution in [2.45, 2.75) is 0 Å². The van der Waals surface area contributed by atoms with Crippen LogP contribution in [0.3, 0.4) is 0 Å². The fourth-order valence-electron chi connectivity index (χ4n) is 0.475. The average Bonchev–Trinajstić information content (AvgIpc) is 1.82. The van der Waals surface area contributed by atoms with Gasteiger partial charge in [-0.1, -0.05) is 11.6 Å². The van der Waals surface area contributed by atoms with E-state index in [1.165, 1.54) is 6.07 Å². The fraction of sp³-hybridized carbons (Fsp3) is 0. The standard InChI is InChI=1S/C6HClF3/c7-4-1-3(8)2-5(9)6(4)10/h1H. The van der Waals surface area contributed by atoms with Crippen LogP contribution in [0, 0.1) is 23.5 Å². The van der Waals surface area contributed by atoms with E-state index in [9.17, 15) is 13.2 Å². The Balaban J connectivity index is 3.31. The molecule has 1 rings (SSSR count). The molecule has 0 unspecified atom stereocenters. The Morgan fingerprint density at radius 2 is 1.90 bits per heavy atom. The van der Waals surface area contributed by atoms with Gasteiger partial charge >= 0.3 is 0 Å². The van der Waals surface area contributed by atoms with Gasteiger partial charge in [0.25, 0.3) is 0 Å². The molecule has 0 heterocycles. The zero-order chi connectivity index (χ0) is 7.72. The molecule has 0 amide bonds. The maximum atomic E-state index is 12.2. The molecule has 0 atom stereocenters. The number of benzene rings is 1. The number of halogens is 4. The predicted octanol–water partition coefficient (Wildman–Crippen LogP) is 2.56. The smallest absolute Gasteiger partial charge is 0.178 e. The molecule has 0 fully saturated rings. The van der Waals surface area contributed by atoms with E-state index >= 15 is 0 Å². The van der Waals surface area contributed by atoms with Crippen LogP contribution < -0.4 is 0 Å². The Hall–Kier alpha value is -0.700. The molecule has 0 bridgehead atoms. The molecule has 0 aliphatic heterocycles. The molecule has 0 saturated heterocycles. The lowest BCUT2D eigenvalue weighted by molar-refractivity contribution is 0.493. The number of hydrogen-bond donors (Lipinski definition) is 0. The van der Waals surface area contributed by atoms with Gasteiger partial charge in [-0.3, -0.25) is 0 Å². The lowest BCUT2D eigenvalue weighted by Gasteiger charge is -1.93. The first-order valence-electron chi connectivity index (χ1n) is 2.33. The van der Waals surface area contributed by atoms with Crippen LogP contribution in [0.25, 0.3) is 0 Å². The van der Waals surface area contributed by atoms with Crippen molar-refractivity contribution < 1.29 is 13.2 Å². The van der Waals surface area contributed by atoms with Gasteiger partial charge in [0.05, 0.1) is 11.1 Å². The number of hydrogen-bond acceptors (Lipinski definition) is 0. The lowest BCUT2D eigenvalue weighted by atomic mass is 10.3. The van der Waals surface area contributed by atoms with Crippen LogP contribution in [0.4, 0.5) is 13.2 Å². The minimum Gasteiger partial charge on any atom is -0.206 e. The molecular formula is C6HClF3. The van der Waals surface area contributed by atoms with E-state index in [4.69, 9.17) is 11.6 Å². The molecule has 0 spiro atoms. The Labute approximate surface area is 60.2 Å². The zero-order valence-corrected chi connectivity index (χ0v) is 5.35. The Morgan fingerprint density at radius 1 is 1.30 bits per heavy atom. The van der Waals surface area contributed by atoms with Crippen LogP contribution in [0.5, 0.6) is 0 Å². The summed E-state index contributed by atoms with van der Waals surface area (Å²) in [7, 11) is 0. The topological polar surface area (TPSA) is 0 Å². The summed E-state index contributed by atoms with van der Waals surface area (Å²) in [5.41, 5.74) is 0. The first-order valence-corrected chi connectivity index (χ1v) is 2.71. The summed E-state index contributed by atoms with van der Waals surface area (Å²) in [6, 6.07) is 2.14. The molecule has 0 nitrogen and oxygen atoms in total. The van der Waals surface area contributed by atoms with E-state index in [0.717, 1.165) is 0 Å². The summed E-state index contributed by atoms with van der Waals surface area (Å²) in [5, 5.41) is -0.575. The van der Waals surface area contributed by atoms with E-state index in [1.807, 2.05) is 0 Å². The monoisotopic (exact) mass is 165 g/mol. The first-order chi connectivity index (χ1) is 4.61. The van der Waals surface area contributed by atoms with Crippen molar-refractivity contribution in [3.63, 3.8) is 0 Å². The summed E-state index contributed by atoms with van der Waals surface area (Å²) < 4.78 is 36.4. The second kappa shape index (κ2) is 2.50. The molecule has 0 aliphatic rings. The molecule has 1 radical (unpaired) electrons. The van der Waals surface area contributed by atoms with Crippen molar-refractivity contribution >= 4 is 11.6 Å². The third-order valence-corrected chi connectivity index (χ3v) is 1.16. The van der Waals surface area contributed by atoms with Crippen molar-refractivity contribution in [1.29, 1.82) is 0 Å². The van der Waals surface area contributed by atoms with E-state index < -0.39 is 22.5 Å². The Kier molecular flexibility index (Phi) is 1.85. The van der Waals surface area contributed by atoms with E-state index in [-0.39, 0.29) is 0 Å². The summed E-state index contributed by atoms with van der Waals surface area (Å²) in [4.78, 5) is 0. The van der Waals surface area contributed by atoms with Crippen molar-refractivity contribution in [1.82, 2.24) is 0 Å². The lowest BCUT2D eigenvalue weighted by Crippen LogP contribution is -1.87. The molecule has 1 aromatic rings. The maximum absolute atomic E-state index is 12.2. The third kappa shape index (κ3) is 1.24. The van der Waals surface area contributed by atoms with Gasteiger partial charge in [-0.15, -0.1) is 0 Å². The van der Waals surface area contributed by atoms with Gasteiger partial charge in [0.1, 0.15) is 5.82 Å². The van der Waals surface area contributed by atoms with Gasteiger partial charge in [-0.2, -0.15) is 0 Å². The quantitative estimate of drug-likeness (QED) is 0.409. The van der Waals surface area contributed by atoms with Crippen molar-refractivity contribution in [2.24, 2.45) is 0 Å². The van der Waals surface area contributed by atoms with E-state index in [1.54, 1.807) is 0 Å². The van der Waals surface area contributed by atoms with Crippen LogP contribution in [0.1, 0.15) is 0 Å². The fourth-order valence-corrected chi connectivity index (χ4v) is 0.654. The van der Waals surface area contributed by atoms with E-state index in [2.05, 4.69) is 0 Å². The molecular weight excluding hydrogens is 165 g/mol. The largest absolute Gasteiger partial charge is 0.206 e. The minimum absolute atomic E-state index is 0.575.